The van der Waals surface area contributed by atoms with E-state index in [1.807, 2.05) is 0 Å². The smallest absolute Gasteiger partial charge is 0.396 e. The number of pyridine rings is 1. The third-order valence-corrected chi connectivity index (χ3v) is 2.11. The number of nitriles is 1. The standard InChI is InChI=1S/C10H6F3N5/c11-10(12,13)8-2-1-6(3-14)9(17-8)18-5-7(15)4-16-18/h1-2,4-5H,15H2. The van der Waals surface area contributed by atoms with Crippen LogP contribution in [0.4, 0.5) is 18.9 Å². The third-order valence-electron chi connectivity index (χ3n) is 2.11. The molecule has 2 N–H and O–H groups in total. The molecule has 2 heterocycles. The number of nitrogens with zero attached hydrogens (tertiary/aromatic N) is 4. The molecule has 8 heteroatoms. The number of hydrogen-bond acceptors (Lipinski definition) is 4. The first-order valence-corrected chi connectivity index (χ1v) is 4.70. The molecule has 2 rings (SSSR count). The zero-order valence-corrected chi connectivity index (χ0v) is 8.81. The van der Waals surface area contributed by atoms with Crippen LogP contribution in [-0.2, 0) is 6.18 Å². The summed E-state index contributed by atoms with van der Waals surface area (Å²) in [6.45, 7) is 0. The molecule has 18 heavy (non-hydrogen) atoms. The lowest BCUT2D eigenvalue weighted by atomic mass is 10.2. The predicted octanol–water partition coefficient (Wildman–Crippen LogP) is 1.74. The fourth-order valence-corrected chi connectivity index (χ4v) is 1.32. The average molecular weight is 253 g/mol. The number of aromatic nitrogens is 3. The first-order valence-electron chi connectivity index (χ1n) is 4.70. The van der Waals surface area contributed by atoms with Crippen molar-refractivity contribution in [3.63, 3.8) is 0 Å². The summed E-state index contributed by atoms with van der Waals surface area (Å²) in [5.74, 6) is -0.205. The number of rotatable bonds is 1. The third kappa shape index (κ3) is 2.10. The van der Waals surface area contributed by atoms with E-state index in [4.69, 9.17) is 11.0 Å². The van der Waals surface area contributed by atoms with Gasteiger partial charge in [0, 0.05) is 0 Å². The molecule has 0 aliphatic heterocycles. The Labute approximate surface area is 99.3 Å². The molecule has 0 atom stereocenters. The lowest BCUT2D eigenvalue weighted by Gasteiger charge is -2.08. The minimum Gasteiger partial charge on any atom is -0.396 e. The van der Waals surface area contributed by atoms with Crippen LogP contribution in [0.25, 0.3) is 5.82 Å². The summed E-state index contributed by atoms with van der Waals surface area (Å²) in [6.07, 6.45) is -2.05. The molecule has 0 fully saturated rings. The molecule has 0 bridgehead atoms. The first-order chi connectivity index (χ1) is 8.41. The van der Waals surface area contributed by atoms with Crippen LogP contribution in [0.15, 0.2) is 24.5 Å². The molecule has 5 nitrogen and oxygen atoms in total. The normalized spacial score (nSPS) is 11.2. The van der Waals surface area contributed by atoms with Crippen molar-refractivity contribution >= 4 is 5.69 Å². The zero-order valence-electron chi connectivity index (χ0n) is 8.81. The van der Waals surface area contributed by atoms with E-state index in [1.165, 1.54) is 12.4 Å². The Morgan fingerprint density at radius 3 is 2.56 bits per heavy atom. The van der Waals surface area contributed by atoms with Crippen molar-refractivity contribution in [1.82, 2.24) is 14.8 Å². The number of nitrogen functional groups attached to an aromatic ring is 1. The zero-order chi connectivity index (χ0) is 13.3. The van der Waals surface area contributed by atoms with Crippen LogP contribution >= 0.6 is 0 Å². The van der Waals surface area contributed by atoms with Crippen LogP contribution < -0.4 is 5.73 Å². The minimum absolute atomic E-state index is 0.0221. The highest BCUT2D eigenvalue weighted by Gasteiger charge is 2.33. The Kier molecular flexibility index (Phi) is 2.67. The Morgan fingerprint density at radius 1 is 1.33 bits per heavy atom. The van der Waals surface area contributed by atoms with Crippen LogP contribution in [0, 0.1) is 11.3 Å². The average Bonchev–Trinajstić information content (AvgIpc) is 2.73. The van der Waals surface area contributed by atoms with Crippen LogP contribution in [0.3, 0.4) is 0 Å². The molecule has 2 aromatic rings. The lowest BCUT2D eigenvalue weighted by molar-refractivity contribution is -0.141. The second-order valence-electron chi connectivity index (χ2n) is 3.40. The van der Waals surface area contributed by atoms with E-state index in [9.17, 15) is 13.2 Å². The predicted molar refractivity (Wildman–Crippen MR) is 55.5 cm³/mol. The second kappa shape index (κ2) is 4.03. The molecular weight excluding hydrogens is 247 g/mol. The highest BCUT2D eigenvalue weighted by Crippen LogP contribution is 2.28. The van der Waals surface area contributed by atoms with Gasteiger partial charge in [-0.3, -0.25) is 0 Å². The van der Waals surface area contributed by atoms with Crippen molar-refractivity contribution in [1.29, 1.82) is 5.26 Å². The van der Waals surface area contributed by atoms with E-state index in [-0.39, 0.29) is 17.1 Å². The van der Waals surface area contributed by atoms with Crippen molar-refractivity contribution in [2.75, 3.05) is 5.73 Å². The van der Waals surface area contributed by atoms with Gasteiger partial charge in [0.25, 0.3) is 0 Å². The Balaban J connectivity index is 2.61. The van der Waals surface area contributed by atoms with Gasteiger partial charge in [0.15, 0.2) is 5.82 Å². The summed E-state index contributed by atoms with van der Waals surface area (Å²) in [6, 6.07) is 3.54. The fraction of sp³-hybridized carbons (Fsp3) is 0.100. The molecule has 0 spiro atoms. The van der Waals surface area contributed by atoms with Gasteiger partial charge in [-0.25, -0.2) is 9.67 Å². The molecule has 0 amide bonds. The van der Waals surface area contributed by atoms with E-state index in [2.05, 4.69) is 10.1 Å². The number of alkyl halides is 3. The van der Waals surface area contributed by atoms with E-state index >= 15 is 0 Å². The van der Waals surface area contributed by atoms with Crippen LogP contribution in [-0.4, -0.2) is 14.8 Å². The quantitative estimate of drug-likeness (QED) is 0.839. The molecule has 0 radical (unpaired) electrons. The van der Waals surface area contributed by atoms with E-state index in [0.29, 0.717) is 0 Å². The maximum absolute atomic E-state index is 12.5. The molecule has 0 saturated carbocycles. The molecule has 92 valence electrons. The Bertz CT molecular complexity index is 623. The van der Waals surface area contributed by atoms with Crippen molar-refractivity contribution in [3.05, 3.63) is 35.8 Å². The largest absolute Gasteiger partial charge is 0.433 e. The van der Waals surface area contributed by atoms with E-state index in [0.717, 1.165) is 16.8 Å². The topological polar surface area (TPSA) is 80.5 Å². The van der Waals surface area contributed by atoms with Crippen molar-refractivity contribution in [2.24, 2.45) is 0 Å². The van der Waals surface area contributed by atoms with Gasteiger partial charge in [-0.2, -0.15) is 23.5 Å². The van der Waals surface area contributed by atoms with Crippen molar-refractivity contribution < 1.29 is 13.2 Å². The van der Waals surface area contributed by atoms with Crippen molar-refractivity contribution in [3.8, 4) is 11.9 Å². The summed E-state index contributed by atoms with van der Waals surface area (Å²) >= 11 is 0. The number of nitrogens with two attached hydrogens (primary N) is 1. The molecule has 0 unspecified atom stereocenters. The van der Waals surface area contributed by atoms with Gasteiger partial charge >= 0.3 is 6.18 Å². The number of halogens is 3. The first kappa shape index (κ1) is 11.9. The van der Waals surface area contributed by atoms with Gasteiger partial charge in [-0.1, -0.05) is 0 Å². The van der Waals surface area contributed by atoms with Gasteiger partial charge in [-0.15, -0.1) is 0 Å². The van der Waals surface area contributed by atoms with Crippen molar-refractivity contribution in [2.45, 2.75) is 6.18 Å². The molecular formula is C10H6F3N5. The van der Waals surface area contributed by atoms with Crippen LogP contribution in [0.2, 0.25) is 0 Å². The Hall–Kier alpha value is -2.56. The molecule has 0 aliphatic rings. The maximum atomic E-state index is 12.5. The summed E-state index contributed by atoms with van der Waals surface area (Å²) in [5, 5.41) is 12.6. The summed E-state index contributed by atoms with van der Waals surface area (Å²) in [4.78, 5) is 3.40. The number of hydrogen-bond donors (Lipinski definition) is 1. The summed E-state index contributed by atoms with van der Waals surface area (Å²) in [7, 11) is 0. The van der Waals surface area contributed by atoms with E-state index in [1.54, 1.807) is 6.07 Å². The van der Waals surface area contributed by atoms with Crippen LogP contribution in [0.1, 0.15) is 11.3 Å². The lowest BCUT2D eigenvalue weighted by Crippen LogP contribution is -2.11. The minimum atomic E-state index is -4.58. The second-order valence-corrected chi connectivity index (χ2v) is 3.40. The van der Waals surface area contributed by atoms with E-state index < -0.39 is 11.9 Å². The van der Waals surface area contributed by atoms with Gasteiger partial charge in [0.2, 0.25) is 0 Å². The monoisotopic (exact) mass is 253 g/mol. The molecule has 0 saturated heterocycles. The van der Waals surface area contributed by atoms with Gasteiger partial charge in [0.1, 0.15) is 11.8 Å². The fourth-order valence-electron chi connectivity index (χ4n) is 1.32. The SMILES string of the molecule is N#Cc1ccc(C(F)(F)F)nc1-n1cc(N)cn1. The Morgan fingerprint density at radius 2 is 2.06 bits per heavy atom. The molecule has 0 aromatic carbocycles. The maximum Gasteiger partial charge on any atom is 0.433 e. The summed E-state index contributed by atoms with van der Waals surface area (Å²) in [5.41, 5.74) is 4.56. The molecule has 0 aliphatic carbocycles. The highest BCUT2D eigenvalue weighted by atomic mass is 19.4. The summed E-state index contributed by atoms with van der Waals surface area (Å²) < 4.78 is 38.6. The van der Waals surface area contributed by atoms with Crippen LogP contribution in [0.5, 0.6) is 0 Å². The molecule has 2 aromatic heterocycles. The van der Waals surface area contributed by atoms with Gasteiger partial charge < -0.3 is 5.73 Å². The number of anilines is 1. The van der Waals surface area contributed by atoms with Gasteiger partial charge in [0.05, 0.1) is 23.6 Å². The van der Waals surface area contributed by atoms with Gasteiger partial charge in [-0.05, 0) is 12.1 Å². The highest BCUT2D eigenvalue weighted by molar-refractivity contribution is 5.46.